The third-order valence-electron chi connectivity index (χ3n) is 7.13. The molecule has 0 unspecified atom stereocenters. The van der Waals surface area contributed by atoms with Crippen molar-refractivity contribution in [2.45, 2.75) is 39.2 Å². The Balaban J connectivity index is 1.39. The van der Waals surface area contributed by atoms with Crippen LogP contribution in [0.15, 0.2) is 46.0 Å². The fraction of sp³-hybridized carbons (Fsp3) is 0.464. The highest BCUT2D eigenvalue weighted by Gasteiger charge is 2.16. The lowest BCUT2D eigenvalue weighted by Crippen LogP contribution is -2.36. The van der Waals surface area contributed by atoms with Gasteiger partial charge in [-0.05, 0) is 87.1 Å². The quantitative estimate of drug-likeness (QED) is 0.408. The molecule has 0 spiro atoms. The topological polar surface area (TPSA) is 106 Å². The Kier molecular flexibility index (Phi) is 8.66. The highest BCUT2D eigenvalue weighted by molar-refractivity contribution is 5.97. The van der Waals surface area contributed by atoms with Crippen molar-refractivity contribution < 1.29 is 14.3 Å². The van der Waals surface area contributed by atoms with Crippen LogP contribution in [0.4, 0.5) is 0 Å². The first kappa shape index (κ1) is 26.5. The van der Waals surface area contributed by atoms with Crippen molar-refractivity contribution in [2.75, 3.05) is 40.4 Å². The van der Waals surface area contributed by atoms with Crippen LogP contribution in [0.3, 0.4) is 0 Å². The van der Waals surface area contributed by atoms with Gasteiger partial charge in [-0.1, -0.05) is 13.0 Å². The maximum Gasteiger partial charge on any atom is 0.328 e. The smallest absolute Gasteiger partial charge is 0.328 e. The molecular weight excluding hydrogens is 472 g/mol. The number of aromatic nitrogens is 2. The molecule has 0 radical (unpaired) electrons. The van der Waals surface area contributed by atoms with Gasteiger partial charge < -0.3 is 24.7 Å². The third-order valence-corrected chi connectivity index (χ3v) is 7.13. The van der Waals surface area contributed by atoms with Crippen molar-refractivity contribution in [3.05, 3.63) is 68.4 Å². The number of hydrogen-bond donors (Lipinski definition) is 2. The van der Waals surface area contributed by atoms with Crippen LogP contribution in [0.1, 0.15) is 42.1 Å². The fourth-order valence-corrected chi connectivity index (χ4v) is 4.77. The van der Waals surface area contributed by atoms with Crippen LogP contribution in [0, 0.1) is 5.92 Å². The number of amides is 1. The molecule has 0 aliphatic carbocycles. The summed E-state index contributed by atoms with van der Waals surface area (Å²) in [6, 6.07) is 10.3. The number of benzene rings is 2. The van der Waals surface area contributed by atoms with Gasteiger partial charge in [0.05, 0.1) is 25.1 Å². The summed E-state index contributed by atoms with van der Waals surface area (Å²) in [5.74, 6) is 1.79. The van der Waals surface area contributed by atoms with E-state index in [1.165, 1.54) is 17.4 Å². The average molecular weight is 509 g/mol. The van der Waals surface area contributed by atoms with E-state index >= 15 is 0 Å². The largest absolute Gasteiger partial charge is 0.493 e. The molecule has 1 aliphatic rings. The monoisotopic (exact) mass is 508 g/mol. The first-order valence-electron chi connectivity index (χ1n) is 12.9. The average Bonchev–Trinajstić information content (AvgIpc) is 2.91. The number of nitrogens with one attached hydrogen (secondary N) is 2. The molecule has 2 N–H and O–H groups in total. The molecule has 4 rings (SSSR count). The summed E-state index contributed by atoms with van der Waals surface area (Å²) >= 11 is 0. The Bertz CT molecular complexity index is 1350. The lowest BCUT2D eigenvalue weighted by Gasteiger charge is -2.30. The number of methoxy groups -OCH3 is 2. The predicted octanol–water partition coefficient (Wildman–Crippen LogP) is 2.80. The van der Waals surface area contributed by atoms with E-state index in [2.05, 4.69) is 22.1 Å². The van der Waals surface area contributed by atoms with Crippen LogP contribution >= 0.6 is 0 Å². The second-order valence-electron chi connectivity index (χ2n) is 9.72. The fourth-order valence-electron chi connectivity index (χ4n) is 4.77. The number of rotatable bonds is 10. The number of carbonyl (C=O) groups excluding carboxylic acids is 1. The van der Waals surface area contributed by atoms with Gasteiger partial charge in [-0.3, -0.25) is 14.2 Å². The van der Waals surface area contributed by atoms with Crippen LogP contribution in [-0.2, 0) is 13.0 Å². The molecule has 1 aliphatic heterocycles. The van der Waals surface area contributed by atoms with Crippen LogP contribution in [-0.4, -0.2) is 60.8 Å². The standard InChI is InChI=1S/C28H36N4O5/c1-19-9-14-31(15-10-19)13-4-12-29-26(33)21-6-7-22-23(18-21)30-28(35)32(27(22)34)16-11-20-5-8-24(36-2)25(17-20)37-3/h5-8,17-19H,4,9-16H2,1-3H3,(H,29,33)(H,30,35). The number of aryl methyl sites for hydroxylation is 1. The summed E-state index contributed by atoms with van der Waals surface area (Å²) in [6.45, 7) is 6.30. The summed E-state index contributed by atoms with van der Waals surface area (Å²) in [5, 5.41) is 3.31. The van der Waals surface area contributed by atoms with Crippen molar-refractivity contribution in [2.24, 2.45) is 5.92 Å². The Hall–Kier alpha value is -3.59. The molecule has 9 nitrogen and oxygen atoms in total. The normalized spacial score (nSPS) is 14.6. The van der Waals surface area contributed by atoms with Gasteiger partial charge in [0.15, 0.2) is 11.5 Å². The number of likely N-dealkylation sites (tertiary alicyclic amines) is 1. The molecular formula is C28H36N4O5. The minimum Gasteiger partial charge on any atom is -0.493 e. The highest BCUT2D eigenvalue weighted by atomic mass is 16.5. The van der Waals surface area contributed by atoms with Gasteiger partial charge in [-0.2, -0.15) is 0 Å². The SMILES string of the molecule is COc1ccc(CCn2c(=O)[nH]c3cc(C(=O)NCCCN4CCC(C)CC4)ccc3c2=O)cc1OC. The predicted molar refractivity (Wildman–Crippen MR) is 144 cm³/mol. The summed E-state index contributed by atoms with van der Waals surface area (Å²) < 4.78 is 11.8. The van der Waals surface area contributed by atoms with Gasteiger partial charge in [-0.25, -0.2) is 4.79 Å². The first-order chi connectivity index (χ1) is 17.9. The van der Waals surface area contributed by atoms with Crippen molar-refractivity contribution in [3.63, 3.8) is 0 Å². The van der Waals surface area contributed by atoms with E-state index in [9.17, 15) is 14.4 Å². The molecule has 1 fully saturated rings. The molecule has 37 heavy (non-hydrogen) atoms. The maximum absolute atomic E-state index is 13.0. The molecule has 0 atom stereocenters. The minimum absolute atomic E-state index is 0.206. The molecule has 2 aromatic carbocycles. The van der Waals surface area contributed by atoms with Gasteiger partial charge in [-0.15, -0.1) is 0 Å². The zero-order valence-electron chi connectivity index (χ0n) is 21.8. The van der Waals surface area contributed by atoms with E-state index in [1.807, 2.05) is 12.1 Å². The van der Waals surface area contributed by atoms with Crippen molar-refractivity contribution in [1.82, 2.24) is 19.8 Å². The number of hydrogen-bond acceptors (Lipinski definition) is 6. The Morgan fingerprint density at radius 3 is 2.51 bits per heavy atom. The number of fused-ring (bicyclic) bond motifs is 1. The zero-order chi connectivity index (χ0) is 26.4. The van der Waals surface area contributed by atoms with E-state index in [0.717, 1.165) is 37.5 Å². The molecule has 0 saturated carbocycles. The van der Waals surface area contributed by atoms with Gasteiger partial charge in [0, 0.05) is 18.7 Å². The van der Waals surface area contributed by atoms with E-state index in [1.54, 1.807) is 38.5 Å². The van der Waals surface area contributed by atoms with E-state index in [-0.39, 0.29) is 18.0 Å². The Labute approximate surface area is 216 Å². The van der Waals surface area contributed by atoms with Crippen LogP contribution in [0.2, 0.25) is 0 Å². The number of aromatic amines is 1. The van der Waals surface area contributed by atoms with Crippen molar-refractivity contribution in [3.8, 4) is 11.5 Å². The Morgan fingerprint density at radius 1 is 1.03 bits per heavy atom. The first-order valence-corrected chi connectivity index (χ1v) is 12.9. The van der Waals surface area contributed by atoms with Gasteiger partial charge >= 0.3 is 5.69 Å². The second-order valence-corrected chi connectivity index (χ2v) is 9.72. The number of piperidine rings is 1. The molecule has 3 aromatic rings. The molecule has 198 valence electrons. The lowest BCUT2D eigenvalue weighted by molar-refractivity contribution is 0.0950. The molecule has 1 amide bonds. The number of nitrogens with zero attached hydrogens (tertiary/aromatic N) is 2. The summed E-state index contributed by atoms with van der Waals surface area (Å²) in [5.41, 5.74) is 0.782. The molecule has 1 saturated heterocycles. The van der Waals surface area contributed by atoms with Crippen LogP contribution in [0.5, 0.6) is 11.5 Å². The van der Waals surface area contributed by atoms with Crippen molar-refractivity contribution >= 4 is 16.8 Å². The molecule has 0 bridgehead atoms. The summed E-state index contributed by atoms with van der Waals surface area (Å²) in [4.78, 5) is 43.6. The van der Waals surface area contributed by atoms with Crippen LogP contribution < -0.4 is 26.0 Å². The highest BCUT2D eigenvalue weighted by Crippen LogP contribution is 2.27. The number of H-pyrrole nitrogens is 1. The lowest BCUT2D eigenvalue weighted by atomic mass is 9.99. The molecule has 1 aromatic heterocycles. The van der Waals surface area contributed by atoms with Crippen molar-refractivity contribution in [1.29, 1.82) is 0 Å². The number of carbonyl (C=O) groups is 1. The van der Waals surface area contributed by atoms with Gasteiger partial charge in [0.1, 0.15) is 0 Å². The molecule has 2 heterocycles. The van der Waals surface area contributed by atoms with E-state index < -0.39 is 5.69 Å². The van der Waals surface area contributed by atoms with E-state index in [4.69, 9.17) is 9.47 Å². The van der Waals surface area contributed by atoms with E-state index in [0.29, 0.717) is 40.9 Å². The molecule has 9 heteroatoms. The maximum atomic E-state index is 13.0. The Morgan fingerprint density at radius 2 is 1.78 bits per heavy atom. The summed E-state index contributed by atoms with van der Waals surface area (Å²) in [7, 11) is 3.13. The summed E-state index contributed by atoms with van der Waals surface area (Å²) in [6.07, 6.45) is 3.82. The van der Waals surface area contributed by atoms with Gasteiger partial charge in [0.25, 0.3) is 11.5 Å². The van der Waals surface area contributed by atoms with Crippen LogP contribution in [0.25, 0.3) is 10.9 Å². The third kappa shape index (κ3) is 6.40. The second kappa shape index (κ2) is 12.1. The number of ether oxygens (including phenoxy) is 2. The van der Waals surface area contributed by atoms with Gasteiger partial charge in [0.2, 0.25) is 0 Å². The minimum atomic E-state index is -0.508. The zero-order valence-corrected chi connectivity index (χ0v) is 21.8.